The van der Waals surface area contributed by atoms with Gasteiger partial charge in [-0.1, -0.05) is 11.6 Å². The Hall–Kier alpha value is -2.97. The third kappa shape index (κ3) is 3.91. The topological polar surface area (TPSA) is 102 Å². The second kappa shape index (κ2) is 7.73. The lowest BCUT2D eigenvalue weighted by atomic mass is 10.0. The number of nitro groups is 1. The van der Waals surface area contributed by atoms with Gasteiger partial charge in [0.05, 0.1) is 15.5 Å². The van der Waals surface area contributed by atoms with Crippen molar-refractivity contribution in [3.05, 3.63) is 62.7 Å². The fraction of sp³-hybridized carbons (Fsp3) is 0.222. The molecule has 0 saturated heterocycles. The number of carbonyl (C=O) groups is 2. The van der Waals surface area contributed by atoms with Crippen LogP contribution in [0.15, 0.2) is 36.4 Å². The number of nitro benzene ring substituents is 1. The smallest absolute Gasteiger partial charge is 0.270 e. The van der Waals surface area contributed by atoms with Gasteiger partial charge in [0.15, 0.2) is 0 Å². The summed E-state index contributed by atoms with van der Waals surface area (Å²) in [5.74, 6) is -0.575. The molecule has 0 bridgehead atoms. The van der Waals surface area contributed by atoms with Gasteiger partial charge in [-0.15, -0.1) is 0 Å². The lowest BCUT2D eigenvalue weighted by molar-refractivity contribution is -0.384. The fourth-order valence-corrected chi connectivity index (χ4v) is 3.11. The molecule has 27 heavy (non-hydrogen) atoms. The highest BCUT2D eigenvalue weighted by atomic mass is 35.5. The van der Waals surface area contributed by atoms with E-state index in [1.807, 2.05) is 0 Å². The van der Waals surface area contributed by atoms with Crippen LogP contribution in [0.25, 0.3) is 0 Å². The predicted octanol–water partition coefficient (Wildman–Crippen LogP) is 3.38. The van der Waals surface area contributed by atoms with Crippen LogP contribution in [0.1, 0.15) is 22.3 Å². The third-order valence-corrected chi connectivity index (χ3v) is 4.53. The van der Waals surface area contributed by atoms with E-state index < -0.39 is 10.8 Å². The standard InChI is InChI=1S/C18H16ClN3O5/c1-27-10-21-16-6-3-12(8-11(16)2-7-17(21)23)20-18(24)14-9-13(22(25)26)4-5-15(14)19/h3-6,8-9H,2,7,10H2,1H3,(H,20,24). The number of aryl methyl sites for hydroxylation is 1. The van der Waals surface area contributed by atoms with E-state index in [9.17, 15) is 19.7 Å². The summed E-state index contributed by atoms with van der Waals surface area (Å²) in [7, 11) is 1.51. The van der Waals surface area contributed by atoms with E-state index >= 15 is 0 Å². The molecule has 8 nitrogen and oxygen atoms in total. The van der Waals surface area contributed by atoms with Gasteiger partial charge in [-0.05, 0) is 36.2 Å². The number of amides is 2. The zero-order chi connectivity index (χ0) is 19.6. The van der Waals surface area contributed by atoms with Crippen LogP contribution in [-0.4, -0.2) is 30.6 Å². The van der Waals surface area contributed by atoms with Crippen molar-refractivity contribution in [2.45, 2.75) is 12.8 Å². The SMILES string of the molecule is COCN1C(=O)CCc2cc(NC(=O)c3cc([N+](=O)[O-])ccc3Cl)ccc21. The molecule has 2 aromatic carbocycles. The average molecular weight is 390 g/mol. The molecule has 3 rings (SSSR count). The van der Waals surface area contributed by atoms with E-state index in [0.717, 1.165) is 17.3 Å². The molecule has 2 aromatic rings. The predicted molar refractivity (Wildman–Crippen MR) is 100 cm³/mol. The van der Waals surface area contributed by atoms with Crippen molar-refractivity contribution >= 4 is 40.5 Å². The number of rotatable bonds is 5. The minimum Gasteiger partial charge on any atom is -0.364 e. The molecular formula is C18H16ClN3O5. The largest absolute Gasteiger partial charge is 0.364 e. The highest BCUT2D eigenvalue weighted by Crippen LogP contribution is 2.31. The molecule has 1 heterocycles. The van der Waals surface area contributed by atoms with Crippen LogP contribution in [0.3, 0.4) is 0 Å². The van der Waals surface area contributed by atoms with Gasteiger partial charge >= 0.3 is 0 Å². The number of ether oxygens (including phenoxy) is 1. The Balaban J connectivity index is 1.85. The number of nitrogens with zero attached hydrogens (tertiary/aromatic N) is 2. The summed E-state index contributed by atoms with van der Waals surface area (Å²) >= 11 is 6.01. The Morgan fingerprint density at radius 1 is 1.30 bits per heavy atom. The summed E-state index contributed by atoms with van der Waals surface area (Å²) in [6, 6.07) is 8.84. The van der Waals surface area contributed by atoms with Gasteiger partial charge in [0.25, 0.3) is 11.6 Å². The van der Waals surface area contributed by atoms with Crippen LogP contribution in [0, 0.1) is 10.1 Å². The average Bonchev–Trinajstić information content (AvgIpc) is 2.64. The Labute approximate surface area is 159 Å². The highest BCUT2D eigenvalue weighted by Gasteiger charge is 2.24. The van der Waals surface area contributed by atoms with Crippen LogP contribution in [0.2, 0.25) is 5.02 Å². The number of hydrogen-bond donors (Lipinski definition) is 1. The summed E-state index contributed by atoms with van der Waals surface area (Å²) < 4.78 is 5.07. The number of nitrogens with one attached hydrogen (secondary N) is 1. The maximum Gasteiger partial charge on any atom is 0.270 e. The molecule has 2 amide bonds. The maximum absolute atomic E-state index is 12.5. The Morgan fingerprint density at radius 2 is 2.07 bits per heavy atom. The Bertz CT molecular complexity index is 931. The van der Waals surface area contributed by atoms with E-state index in [4.69, 9.17) is 16.3 Å². The third-order valence-electron chi connectivity index (χ3n) is 4.20. The molecule has 140 valence electrons. The number of fused-ring (bicyclic) bond motifs is 1. The van der Waals surface area contributed by atoms with E-state index in [2.05, 4.69) is 5.32 Å². The molecule has 1 aliphatic heterocycles. The van der Waals surface area contributed by atoms with Gasteiger partial charge in [-0.3, -0.25) is 24.6 Å². The number of carbonyl (C=O) groups excluding carboxylic acids is 2. The van der Waals surface area contributed by atoms with Gasteiger partial charge < -0.3 is 10.1 Å². The van der Waals surface area contributed by atoms with Crippen LogP contribution < -0.4 is 10.2 Å². The van der Waals surface area contributed by atoms with Gasteiger partial charge in [-0.25, -0.2) is 0 Å². The molecule has 9 heteroatoms. The monoisotopic (exact) mass is 389 g/mol. The van der Waals surface area contributed by atoms with Crippen molar-refractivity contribution in [3.8, 4) is 0 Å². The van der Waals surface area contributed by atoms with Crippen molar-refractivity contribution < 1.29 is 19.2 Å². The van der Waals surface area contributed by atoms with Gasteiger partial charge in [0.1, 0.15) is 6.73 Å². The van der Waals surface area contributed by atoms with Gasteiger partial charge in [-0.2, -0.15) is 0 Å². The fourth-order valence-electron chi connectivity index (χ4n) is 2.91. The zero-order valence-electron chi connectivity index (χ0n) is 14.4. The summed E-state index contributed by atoms with van der Waals surface area (Å²) in [5.41, 5.74) is 1.94. The zero-order valence-corrected chi connectivity index (χ0v) is 15.2. The van der Waals surface area contributed by atoms with E-state index in [-0.39, 0.29) is 28.9 Å². The molecule has 0 radical (unpaired) electrons. The van der Waals surface area contributed by atoms with Crippen molar-refractivity contribution in [1.82, 2.24) is 0 Å². The molecule has 1 aliphatic rings. The van der Waals surface area contributed by atoms with Gasteiger partial charge in [0.2, 0.25) is 5.91 Å². The number of benzene rings is 2. The first kappa shape index (κ1) is 18.8. The Morgan fingerprint density at radius 3 is 2.78 bits per heavy atom. The molecule has 0 fully saturated rings. The van der Waals surface area contributed by atoms with E-state index in [1.54, 1.807) is 23.1 Å². The second-order valence-corrected chi connectivity index (χ2v) is 6.37. The van der Waals surface area contributed by atoms with E-state index in [0.29, 0.717) is 18.5 Å². The molecule has 0 spiro atoms. The first-order chi connectivity index (χ1) is 12.9. The molecule has 0 unspecified atom stereocenters. The first-order valence-electron chi connectivity index (χ1n) is 8.08. The number of hydrogen-bond acceptors (Lipinski definition) is 5. The molecule has 1 N–H and O–H groups in total. The van der Waals surface area contributed by atoms with Crippen LogP contribution in [0.4, 0.5) is 17.1 Å². The molecular weight excluding hydrogens is 374 g/mol. The normalized spacial score (nSPS) is 13.3. The first-order valence-corrected chi connectivity index (χ1v) is 8.46. The number of halogens is 1. The summed E-state index contributed by atoms with van der Waals surface area (Å²) in [6.07, 6.45) is 0.903. The minimum atomic E-state index is -0.590. The lowest BCUT2D eigenvalue weighted by Crippen LogP contribution is -2.36. The maximum atomic E-state index is 12.5. The second-order valence-electron chi connectivity index (χ2n) is 5.96. The lowest BCUT2D eigenvalue weighted by Gasteiger charge is -2.29. The number of non-ortho nitro benzene ring substituents is 1. The van der Waals surface area contributed by atoms with Gasteiger partial charge in [0, 0.05) is 37.0 Å². The van der Waals surface area contributed by atoms with Crippen LogP contribution in [0.5, 0.6) is 0 Å². The minimum absolute atomic E-state index is 0.0137. The summed E-state index contributed by atoms with van der Waals surface area (Å²) in [4.78, 5) is 36.4. The quantitative estimate of drug-likeness (QED) is 0.623. The van der Waals surface area contributed by atoms with Crippen molar-refractivity contribution in [2.24, 2.45) is 0 Å². The van der Waals surface area contributed by atoms with E-state index in [1.165, 1.54) is 19.2 Å². The van der Waals surface area contributed by atoms with Crippen LogP contribution >= 0.6 is 11.6 Å². The van der Waals surface area contributed by atoms with Crippen molar-refractivity contribution in [1.29, 1.82) is 0 Å². The summed E-state index contributed by atoms with van der Waals surface area (Å²) in [6.45, 7) is 0.154. The molecule has 0 saturated carbocycles. The van der Waals surface area contributed by atoms with Crippen LogP contribution in [-0.2, 0) is 16.0 Å². The van der Waals surface area contributed by atoms with Crippen molar-refractivity contribution in [3.63, 3.8) is 0 Å². The Kier molecular flexibility index (Phi) is 5.38. The van der Waals surface area contributed by atoms with Crippen molar-refractivity contribution in [2.75, 3.05) is 24.1 Å². The molecule has 0 atom stereocenters. The molecule has 0 aliphatic carbocycles. The summed E-state index contributed by atoms with van der Waals surface area (Å²) in [5, 5.41) is 13.7. The highest BCUT2D eigenvalue weighted by molar-refractivity contribution is 6.34. The molecule has 0 aromatic heterocycles. The number of methoxy groups -OCH3 is 1. The number of anilines is 2.